The quantitative estimate of drug-likeness (QED) is 0.733. The zero-order valence-corrected chi connectivity index (χ0v) is 14.8. The fraction of sp³-hybridized carbons (Fsp3) is 0.235. The summed E-state index contributed by atoms with van der Waals surface area (Å²) in [4.78, 5) is 20.7. The number of nitrogens with one attached hydrogen (secondary N) is 2. The van der Waals surface area contributed by atoms with Crippen molar-refractivity contribution in [2.45, 2.75) is 26.3 Å². The number of pyridine rings is 2. The van der Waals surface area contributed by atoms with Gasteiger partial charge < -0.3 is 10.4 Å². The second kappa shape index (κ2) is 5.72. The lowest BCUT2D eigenvalue weighted by molar-refractivity contribution is 0.617. The molecule has 4 heterocycles. The molecule has 0 amide bonds. The van der Waals surface area contributed by atoms with Gasteiger partial charge in [-0.25, -0.2) is 0 Å². The first-order valence-corrected chi connectivity index (χ1v) is 8.85. The van der Waals surface area contributed by atoms with Crippen LogP contribution in [0.1, 0.15) is 34.8 Å². The van der Waals surface area contributed by atoms with E-state index in [9.17, 15) is 4.79 Å². The summed E-state index contributed by atoms with van der Waals surface area (Å²) in [5, 5.41) is 8.11. The Morgan fingerprint density at radius 2 is 2.21 bits per heavy atom. The molecule has 0 fully saturated rings. The first kappa shape index (κ1) is 15.4. The van der Waals surface area contributed by atoms with Gasteiger partial charge in [0.1, 0.15) is 4.83 Å². The molecule has 4 rings (SSSR count). The maximum atomic E-state index is 12.5. The Hall–Kier alpha value is -2.18. The molecule has 1 aliphatic rings. The molecule has 1 atom stereocenters. The molecule has 3 aromatic heterocycles. The highest BCUT2D eigenvalue weighted by Gasteiger charge is 2.26. The van der Waals surface area contributed by atoms with E-state index in [2.05, 4.69) is 20.5 Å². The SMILES string of the molecule is Cc1cc(Cl)c(C2CC(c3c(C)c4ccsc4[nH]c3=O)=NN2)cn1. The molecule has 0 aromatic carbocycles. The molecule has 24 heavy (non-hydrogen) atoms. The molecule has 7 heteroatoms. The van der Waals surface area contributed by atoms with E-state index >= 15 is 0 Å². The van der Waals surface area contributed by atoms with Crippen molar-refractivity contribution in [3.05, 3.63) is 61.5 Å². The Morgan fingerprint density at radius 3 is 3.00 bits per heavy atom. The van der Waals surface area contributed by atoms with Crippen LogP contribution < -0.4 is 11.0 Å². The van der Waals surface area contributed by atoms with Crippen LogP contribution in [0.15, 0.2) is 33.6 Å². The van der Waals surface area contributed by atoms with Gasteiger partial charge in [0.15, 0.2) is 0 Å². The highest BCUT2D eigenvalue weighted by molar-refractivity contribution is 7.16. The van der Waals surface area contributed by atoms with Gasteiger partial charge in [0.2, 0.25) is 0 Å². The number of rotatable bonds is 2. The van der Waals surface area contributed by atoms with Gasteiger partial charge in [0, 0.05) is 34.3 Å². The normalized spacial score (nSPS) is 17.1. The van der Waals surface area contributed by atoms with Crippen LogP contribution in [0, 0.1) is 13.8 Å². The Labute approximate surface area is 147 Å². The van der Waals surface area contributed by atoms with E-state index in [-0.39, 0.29) is 11.6 Å². The number of halogens is 1. The molecule has 0 bridgehead atoms. The van der Waals surface area contributed by atoms with Crippen molar-refractivity contribution >= 4 is 38.9 Å². The lowest BCUT2D eigenvalue weighted by Gasteiger charge is -2.12. The van der Waals surface area contributed by atoms with Gasteiger partial charge >= 0.3 is 0 Å². The molecular formula is C17H15ClN4OS. The monoisotopic (exact) mass is 358 g/mol. The van der Waals surface area contributed by atoms with Crippen LogP contribution in [0.2, 0.25) is 5.02 Å². The van der Waals surface area contributed by atoms with Crippen molar-refractivity contribution < 1.29 is 0 Å². The summed E-state index contributed by atoms with van der Waals surface area (Å²) in [6, 6.07) is 3.79. The van der Waals surface area contributed by atoms with E-state index in [1.165, 1.54) is 11.3 Å². The number of thiophene rings is 1. The number of H-pyrrole nitrogens is 1. The third-order valence-corrected chi connectivity index (χ3v) is 5.49. The molecular weight excluding hydrogens is 344 g/mol. The Balaban J connectivity index is 1.71. The number of aryl methyl sites for hydroxylation is 2. The van der Waals surface area contributed by atoms with Gasteiger partial charge in [-0.15, -0.1) is 11.3 Å². The van der Waals surface area contributed by atoms with E-state index in [1.807, 2.05) is 31.4 Å². The third-order valence-electron chi connectivity index (χ3n) is 4.33. The second-order valence-electron chi connectivity index (χ2n) is 5.91. The summed E-state index contributed by atoms with van der Waals surface area (Å²) in [5.74, 6) is 0. The minimum atomic E-state index is -0.100. The minimum absolute atomic E-state index is 0.0717. The average Bonchev–Trinajstić information content (AvgIpc) is 3.16. The zero-order chi connectivity index (χ0) is 16.8. The molecule has 1 unspecified atom stereocenters. The highest BCUT2D eigenvalue weighted by atomic mass is 35.5. The highest BCUT2D eigenvalue weighted by Crippen LogP contribution is 2.31. The molecule has 0 radical (unpaired) electrons. The van der Waals surface area contributed by atoms with Crippen LogP contribution in [-0.4, -0.2) is 15.7 Å². The molecule has 0 aliphatic carbocycles. The zero-order valence-electron chi connectivity index (χ0n) is 13.2. The minimum Gasteiger partial charge on any atom is -0.313 e. The topological polar surface area (TPSA) is 70.1 Å². The smallest absolute Gasteiger partial charge is 0.258 e. The van der Waals surface area contributed by atoms with Gasteiger partial charge in [0.05, 0.1) is 17.3 Å². The molecule has 122 valence electrons. The lowest BCUT2D eigenvalue weighted by atomic mass is 9.97. The van der Waals surface area contributed by atoms with Crippen LogP contribution in [0.5, 0.6) is 0 Å². The van der Waals surface area contributed by atoms with Crippen LogP contribution >= 0.6 is 22.9 Å². The molecule has 0 saturated carbocycles. The lowest BCUT2D eigenvalue weighted by Crippen LogP contribution is -2.19. The number of aromatic amines is 1. The van der Waals surface area contributed by atoms with Crippen LogP contribution in [0.4, 0.5) is 0 Å². The predicted octanol–water partition coefficient (Wildman–Crippen LogP) is 3.69. The molecule has 0 spiro atoms. The van der Waals surface area contributed by atoms with Crippen molar-refractivity contribution in [1.29, 1.82) is 0 Å². The van der Waals surface area contributed by atoms with E-state index in [0.29, 0.717) is 17.0 Å². The van der Waals surface area contributed by atoms with E-state index in [1.54, 1.807) is 6.20 Å². The summed E-state index contributed by atoms with van der Waals surface area (Å²) in [7, 11) is 0. The predicted molar refractivity (Wildman–Crippen MR) is 98.2 cm³/mol. The standard InChI is InChI=1S/C17H15ClN4OS/c1-8-5-12(18)11(7-19-8)13-6-14(22-21-13)15-9(2)10-3-4-24-17(10)20-16(15)23/h3-5,7,13,21H,6H2,1-2H3,(H,20,23). The van der Waals surface area contributed by atoms with Gasteiger partial charge in [0.25, 0.3) is 5.56 Å². The number of aromatic nitrogens is 2. The van der Waals surface area contributed by atoms with Crippen LogP contribution in [-0.2, 0) is 0 Å². The maximum absolute atomic E-state index is 12.5. The fourth-order valence-corrected chi connectivity index (χ4v) is 4.27. The Kier molecular flexibility index (Phi) is 3.66. The molecule has 5 nitrogen and oxygen atoms in total. The van der Waals surface area contributed by atoms with Crippen LogP contribution in [0.25, 0.3) is 10.2 Å². The first-order valence-electron chi connectivity index (χ1n) is 7.59. The first-order chi connectivity index (χ1) is 11.5. The van der Waals surface area contributed by atoms with Crippen molar-refractivity contribution in [3.63, 3.8) is 0 Å². The number of hydrogen-bond acceptors (Lipinski definition) is 5. The maximum Gasteiger partial charge on any atom is 0.258 e. The van der Waals surface area contributed by atoms with Crippen molar-refractivity contribution in [3.8, 4) is 0 Å². The van der Waals surface area contributed by atoms with Crippen molar-refractivity contribution in [1.82, 2.24) is 15.4 Å². The van der Waals surface area contributed by atoms with E-state index < -0.39 is 0 Å². The molecule has 0 saturated heterocycles. The average molecular weight is 359 g/mol. The number of nitrogens with zero attached hydrogens (tertiary/aromatic N) is 2. The molecule has 1 aliphatic heterocycles. The Morgan fingerprint density at radius 1 is 1.38 bits per heavy atom. The second-order valence-corrected chi connectivity index (χ2v) is 7.23. The van der Waals surface area contributed by atoms with Crippen molar-refractivity contribution in [2.24, 2.45) is 5.10 Å². The van der Waals surface area contributed by atoms with Gasteiger partial charge in [-0.1, -0.05) is 11.6 Å². The number of fused-ring (bicyclic) bond motifs is 1. The summed E-state index contributed by atoms with van der Waals surface area (Å²) >= 11 is 7.86. The number of hydrogen-bond donors (Lipinski definition) is 2. The van der Waals surface area contributed by atoms with E-state index in [4.69, 9.17) is 11.6 Å². The fourth-order valence-electron chi connectivity index (χ4n) is 3.09. The largest absolute Gasteiger partial charge is 0.313 e. The summed E-state index contributed by atoms with van der Waals surface area (Å²) in [5.41, 5.74) is 7.12. The summed E-state index contributed by atoms with van der Waals surface area (Å²) in [6.07, 6.45) is 2.37. The van der Waals surface area contributed by atoms with Crippen molar-refractivity contribution in [2.75, 3.05) is 0 Å². The molecule has 2 N–H and O–H groups in total. The van der Waals surface area contributed by atoms with Gasteiger partial charge in [-0.05, 0) is 36.9 Å². The third kappa shape index (κ3) is 2.42. The summed E-state index contributed by atoms with van der Waals surface area (Å²) in [6.45, 7) is 3.87. The van der Waals surface area contributed by atoms with E-state index in [0.717, 1.165) is 32.7 Å². The number of hydrazone groups is 1. The van der Waals surface area contributed by atoms with Gasteiger partial charge in [-0.3, -0.25) is 9.78 Å². The Bertz CT molecular complexity index is 1040. The van der Waals surface area contributed by atoms with Crippen LogP contribution in [0.3, 0.4) is 0 Å². The molecule has 3 aromatic rings. The summed E-state index contributed by atoms with van der Waals surface area (Å²) < 4.78 is 0. The van der Waals surface area contributed by atoms with Gasteiger partial charge in [-0.2, -0.15) is 5.10 Å².